The molecule has 29 heavy (non-hydrogen) atoms. The molecule has 2 aliphatic heterocycles. The monoisotopic (exact) mass is 395 g/mol. The van der Waals surface area contributed by atoms with Crippen molar-refractivity contribution in [3.05, 3.63) is 42.4 Å². The molecular weight excluding hydrogens is 366 g/mol. The van der Waals surface area contributed by atoms with E-state index >= 15 is 0 Å². The highest BCUT2D eigenvalue weighted by molar-refractivity contribution is 5.92. The molecule has 0 aliphatic carbocycles. The number of benzene rings is 1. The van der Waals surface area contributed by atoms with Gasteiger partial charge >= 0.3 is 0 Å². The summed E-state index contributed by atoms with van der Waals surface area (Å²) in [6, 6.07) is 8.11. The van der Waals surface area contributed by atoms with Crippen molar-refractivity contribution in [1.82, 2.24) is 14.9 Å². The molecule has 2 aliphatic rings. The summed E-state index contributed by atoms with van der Waals surface area (Å²) in [4.78, 5) is 28.1. The van der Waals surface area contributed by atoms with Crippen molar-refractivity contribution in [2.45, 2.75) is 25.7 Å². The third-order valence-corrected chi connectivity index (χ3v) is 5.78. The number of likely N-dealkylation sites (tertiary alicyclic amines) is 1. The minimum atomic E-state index is 0.00643. The number of para-hydroxylation sites is 2. The van der Waals surface area contributed by atoms with E-state index in [1.807, 2.05) is 23.1 Å². The van der Waals surface area contributed by atoms with Crippen LogP contribution in [0.15, 0.2) is 36.7 Å². The highest BCUT2D eigenvalue weighted by Crippen LogP contribution is 2.28. The van der Waals surface area contributed by atoms with Crippen LogP contribution in [-0.2, 0) is 0 Å². The highest BCUT2D eigenvalue weighted by Gasteiger charge is 2.22. The van der Waals surface area contributed by atoms with Gasteiger partial charge in [0.25, 0.3) is 5.91 Å². The molecule has 0 spiro atoms. The maximum Gasteiger partial charge on any atom is 0.274 e. The van der Waals surface area contributed by atoms with E-state index in [4.69, 9.17) is 4.74 Å². The number of piperazine rings is 1. The number of carbonyl (C=O) groups is 1. The minimum absolute atomic E-state index is 0.00643. The molecule has 7 nitrogen and oxygen atoms in total. The molecule has 0 N–H and O–H groups in total. The minimum Gasteiger partial charge on any atom is -0.495 e. The van der Waals surface area contributed by atoms with E-state index in [9.17, 15) is 4.79 Å². The van der Waals surface area contributed by atoms with Gasteiger partial charge in [-0.1, -0.05) is 25.0 Å². The maximum absolute atomic E-state index is 12.7. The summed E-state index contributed by atoms with van der Waals surface area (Å²) in [7, 11) is 1.71. The quantitative estimate of drug-likeness (QED) is 0.793. The zero-order valence-corrected chi connectivity index (χ0v) is 17.1. The van der Waals surface area contributed by atoms with Gasteiger partial charge in [0.1, 0.15) is 17.3 Å². The first-order chi connectivity index (χ1) is 14.3. The van der Waals surface area contributed by atoms with Crippen molar-refractivity contribution >= 4 is 17.4 Å². The Labute approximate surface area is 172 Å². The lowest BCUT2D eigenvalue weighted by atomic mass is 10.2. The number of nitrogens with zero attached hydrogens (tertiary/aromatic N) is 5. The Bertz CT molecular complexity index is 810. The Hall–Kier alpha value is -2.83. The molecule has 2 fully saturated rings. The summed E-state index contributed by atoms with van der Waals surface area (Å²) >= 11 is 0. The third-order valence-electron chi connectivity index (χ3n) is 5.78. The second-order valence-corrected chi connectivity index (χ2v) is 7.61. The Kier molecular flexibility index (Phi) is 6.12. The van der Waals surface area contributed by atoms with Gasteiger partial charge < -0.3 is 19.4 Å². The molecule has 3 heterocycles. The Morgan fingerprint density at radius 3 is 2.21 bits per heavy atom. The number of anilines is 2. The molecule has 0 saturated carbocycles. The maximum atomic E-state index is 12.7. The van der Waals surface area contributed by atoms with E-state index in [0.717, 1.165) is 69.4 Å². The summed E-state index contributed by atoms with van der Waals surface area (Å²) in [6.07, 6.45) is 7.94. The third kappa shape index (κ3) is 4.44. The average Bonchev–Trinajstić information content (AvgIpc) is 3.08. The fourth-order valence-electron chi connectivity index (χ4n) is 4.10. The van der Waals surface area contributed by atoms with Gasteiger partial charge in [0.2, 0.25) is 0 Å². The Morgan fingerprint density at radius 2 is 1.55 bits per heavy atom. The number of hydrogen-bond donors (Lipinski definition) is 0. The number of rotatable bonds is 4. The number of amides is 1. The fourth-order valence-corrected chi connectivity index (χ4v) is 4.10. The van der Waals surface area contributed by atoms with Gasteiger partial charge in [0.05, 0.1) is 25.2 Å². The summed E-state index contributed by atoms with van der Waals surface area (Å²) in [5, 5.41) is 0. The summed E-state index contributed by atoms with van der Waals surface area (Å²) in [6.45, 7) is 5.13. The number of aromatic nitrogens is 2. The van der Waals surface area contributed by atoms with Crippen LogP contribution < -0.4 is 14.5 Å². The second-order valence-electron chi connectivity index (χ2n) is 7.61. The molecule has 1 amide bonds. The van der Waals surface area contributed by atoms with Crippen molar-refractivity contribution in [2.75, 3.05) is 56.2 Å². The summed E-state index contributed by atoms with van der Waals surface area (Å²) in [5.74, 6) is 1.74. The molecular formula is C22H29N5O2. The molecule has 0 bridgehead atoms. The number of methoxy groups -OCH3 is 1. The molecule has 0 atom stereocenters. The topological polar surface area (TPSA) is 61.8 Å². The lowest BCUT2D eigenvalue weighted by Crippen LogP contribution is -2.47. The lowest BCUT2D eigenvalue weighted by Gasteiger charge is -2.37. The van der Waals surface area contributed by atoms with Crippen LogP contribution in [0.2, 0.25) is 0 Å². The molecule has 1 aromatic heterocycles. The highest BCUT2D eigenvalue weighted by atomic mass is 16.5. The number of carbonyl (C=O) groups excluding carboxylic acids is 1. The van der Waals surface area contributed by atoms with Crippen LogP contribution in [0.1, 0.15) is 36.2 Å². The molecule has 2 aromatic rings. The molecule has 154 valence electrons. The van der Waals surface area contributed by atoms with Gasteiger partial charge in [-0.3, -0.25) is 4.79 Å². The van der Waals surface area contributed by atoms with Crippen molar-refractivity contribution < 1.29 is 9.53 Å². The predicted octanol–water partition coefficient (Wildman–Crippen LogP) is 2.83. The van der Waals surface area contributed by atoms with Crippen LogP contribution in [0.3, 0.4) is 0 Å². The van der Waals surface area contributed by atoms with Crippen molar-refractivity contribution in [1.29, 1.82) is 0 Å². The van der Waals surface area contributed by atoms with E-state index in [1.165, 1.54) is 12.8 Å². The number of ether oxygens (including phenoxy) is 1. The molecule has 0 radical (unpaired) electrons. The van der Waals surface area contributed by atoms with Gasteiger partial charge in [-0.25, -0.2) is 9.97 Å². The van der Waals surface area contributed by atoms with Gasteiger partial charge in [-0.2, -0.15) is 0 Å². The van der Waals surface area contributed by atoms with Crippen molar-refractivity contribution in [3.63, 3.8) is 0 Å². The van der Waals surface area contributed by atoms with Crippen LogP contribution in [0, 0.1) is 0 Å². The standard InChI is InChI=1S/C22H29N5O2/c1-29-20-9-5-4-8-19(20)25-12-14-26(15-13-25)21-17-23-18(16-24-21)22(28)27-10-6-2-3-7-11-27/h4-5,8-9,16-17H,2-3,6-7,10-15H2,1H3. The molecule has 7 heteroatoms. The molecule has 1 aromatic carbocycles. The van der Waals surface area contributed by atoms with Crippen LogP contribution in [0.25, 0.3) is 0 Å². The van der Waals surface area contributed by atoms with Gasteiger partial charge in [0, 0.05) is 39.3 Å². The first-order valence-electron chi connectivity index (χ1n) is 10.5. The Balaban J connectivity index is 1.37. The Morgan fingerprint density at radius 1 is 0.862 bits per heavy atom. The normalized spacial score (nSPS) is 17.8. The average molecular weight is 396 g/mol. The van der Waals surface area contributed by atoms with Gasteiger partial charge in [-0.05, 0) is 25.0 Å². The van der Waals surface area contributed by atoms with Crippen molar-refractivity contribution in [2.24, 2.45) is 0 Å². The SMILES string of the molecule is COc1ccccc1N1CCN(c2cnc(C(=O)N3CCCCCC3)cn2)CC1. The van der Waals surface area contributed by atoms with E-state index in [2.05, 4.69) is 25.8 Å². The van der Waals surface area contributed by atoms with E-state index < -0.39 is 0 Å². The van der Waals surface area contributed by atoms with Crippen LogP contribution in [-0.4, -0.2) is 67.2 Å². The molecule has 4 rings (SSSR count). The van der Waals surface area contributed by atoms with Crippen molar-refractivity contribution in [3.8, 4) is 5.75 Å². The zero-order chi connectivity index (χ0) is 20.1. The van der Waals surface area contributed by atoms with Crippen LogP contribution >= 0.6 is 0 Å². The second kappa shape index (κ2) is 9.11. The molecule has 0 unspecified atom stereocenters. The summed E-state index contributed by atoms with van der Waals surface area (Å²) in [5.41, 5.74) is 1.57. The van der Waals surface area contributed by atoms with E-state index in [1.54, 1.807) is 19.5 Å². The largest absolute Gasteiger partial charge is 0.495 e. The van der Waals surface area contributed by atoms with Crippen LogP contribution in [0.4, 0.5) is 11.5 Å². The smallest absolute Gasteiger partial charge is 0.274 e. The van der Waals surface area contributed by atoms with E-state index in [0.29, 0.717) is 5.69 Å². The number of hydrogen-bond acceptors (Lipinski definition) is 6. The van der Waals surface area contributed by atoms with Crippen LogP contribution in [0.5, 0.6) is 5.75 Å². The van der Waals surface area contributed by atoms with Gasteiger partial charge in [0.15, 0.2) is 0 Å². The van der Waals surface area contributed by atoms with Gasteiger partial charge in [-0.15, -0.1) is 0 Å². The predicted molar refractivity (Wildman–Crippen MR) is 114 cm³/mol. The lowest BCUT2D eigenvalue weighted by molar-refractivity contribution is 0.0755. The fraction of sp³-hybridized carbons (Fsp3) is 0.500. The van der Waals surface area contributed by atoms with E-state index in [-0.39, 0.29) is 5.91 Å². The zero-order valence-electron chi connectivity index (χ0n) is 17.1. The first kappa shape index (κ1) is 19.5. The first-order valence-corrected chi connectivity index (χ1v) is 10.5. The molecule has 2 saturated heterocycles. The summed E-state index contributed by atoms with van der Waals surface area (Å²) < 4.78 is 5.49.